The summed E-state index contributed by atoms with van der Waals surface area (Å²) in [6, 6.07) is 15.5. The van der Waals surface area contributed by atoms with E-state index in [1.165, 1.54) is 16.3 Å². The molecule has 3 rings (SSSR count). The minimum Gasteiger partial charge on any atom is -0.325 e. The summed E-state index contributed by atoms with van der Waals surface area (Å²) in [7, 11) is 1.69. The van der Waals surface area contributed by atoms with Crippen LogP contribution in [0, 0.1) is 13.8 Å². The summed E-state index contributed by atoms with van der Waals surface area (Å²) in [6.07, 6.45) is 0.525. The molecule has 0 atom stereocenters. The second-order valence-electron chi connectivity index (χ2n) is 6.83. The van der Waals surface area contributed by atoms with E-state index in [-0.39, 0.29) is 17.2 Å². The number of nitrogens with one attached hydrogen (secondary N) is 1. The number of carbonyl (C=O) groups is 1. The third-order valence-electron chi connectivity index (χ3n) is 4.51. The fourth-order valence-corrected chi connectivity index (χ4v) is 3.91. The molecule has 1 heterocycles. The Morgan fingerprint density at radius 3 is 2.41 bits per heavy atom. The van der Waals surface area contributed by atoms with Gasteiger partial charge in [-0.25, -0.2) is 4.98 Å². The smallest absolute Gasteiger partial charge is 0.257 e. The molecule has 3 aromatic rings. The molecule has 0 spiro atoms. The van der Waals surface area contributed by atoms with Crippen molar-refractivity contribution in [2.45, 2.75) is 25.4 Å². The Morgan fingerprint density at radius 1 is 1.10 bits per heavy atom. The molecular weight excluding hydrogens is 450 g/mol. The fraction of sp³-hybridized carbons (Fsp3) is 0.227. The first-order valence-corrected chi connectivity index (χ1v) is 10.9. The molecule has 0 aliphatic carbocycles. The third kappa shape index (κ3) is 5.58. The van der Waals surface area contributed by atoms with Crippen molar-refractivity contribution < 1.29 is 4.79 Å². The molecule has 0 aliphatic heterocycles. The Hall–Kier alpha value is -2.38. The molecule has 150 valence electrons. The van der Waals surface area contributed by atoms with Crippen LogP contribution in [-0.2, 0) is 18.3 Å². The van der Waals surface area contributed by atoms with Crippen molar-refractivity contribution in [3.8, 4) is 0 Å². The van der Waals surface area contributed by atoms with Gasteiger partial charge in [0.1, 0.15) is 0 Å². The highest BCUT2D eigenvalue weighted by Crippen LogP contribution is 2.18. The number of thioether (sulfide) groups is 1. The lowest BCUT2D eigenvalue weighted by molar-refractivity contribution is -0.113. The van der Waals surface area contributed by atoms with Gasteiger partial charge in [0.2, 0.25) is 5.91 Å². The summed E-state index contributed by atoms with van der Waals surface area (Å²) < 4.78 is 2.52. The maximum Gasteiger partial charge on any atom is 0.257 e. The zero-order chi connectivity index (χ0) is 21.0. The number of carbonyl (C=O) groups excluding carboxylic acids is 1. The number of hydrogen-bond donors (Lipinski definition) is 1. The minimum atomic E-state index is -0.135. The standard InChI is InChI=1S/C22H22BrN3O2S/c1-14-4-10-18(11-5-14)25-20(27)13-29-22-24-15(2)19(21(28)26(22)3)12-16-6-8-17(23)9-7-16/h4-11H,12-13H2,1-3H3,(H,25,27). The van der Waals surface area contributed by atoms with Crippen molar-refractivity contribution >= 4 is 39.3 Å². The monoisotopic (exact) mass is 471 g/mol. The zero-order valence-electron chi connectivity index (χ0n) is 16.5. The van der Waals surface area contributed by atoms with E-state index in [9.17, 15) is 9.59 Å². The fourth-order valence-electron chi connectivity index (χ4n) is 2.83. The van der Waals surface area contributed by atoms with Crippen molar-refractivity contribution in [2.24, 2.45) is 7.05 Å². The van der Waals surface area contributed by atoms with E-state index in [2.05, 4.69) is 26.2 Å². The Kier molecular flexibility index (Phi) is 6.92. The first kappa shape index (κ1) is 21.3. The van der Waals surface area contributed by atoms with Crippen LogP contribution < -0.4 is 10.9 Å². The summed E-state index contributed by atoms with van der Waals surface area (Å²) in [6.45, 7) is 3.84. The van der Waals surface area contributed by atoms with Crippen LogP contribution in [0.25, 0.3) is 0 Å². The molecular formula is C22H22BrN3O2S. The molecule has 0 bridgehead atoms. The van der Waals surface area contributed by atoms with E-state index in [0.717, 1.165) is 21.3 Å². The molecule has 7 heteroatoms. The van der Waals surface area contributed by atoms with Crippen molar-refractivity contribution in [3.05, 3.63) is 85.7 Å². The van der Waals surface area contributed by atoms with Gasteiger partial charge in [-0.05, 0) is 43.7 Å². The van der Waals surface area contributed by atoms with Gasteiger partial charge in [-0.15, -0.1) is 0 Å². The van der Waals surface area contributed by atoms with Gasteiger partial charge in [-0.3, -0.25) is 14.2 Å². The van der Waals surface area contributed by atoms with Crippen LogP contribution >= 0.6 is 27.7 Å². The van der Waals surface area contributed by atoms with E-state index in [1.54, 1.807) is 7.05 Å². The van der Waals surface area contributed by atoms with Gasteiger partial charge in [0.05, 0.1) is 5.75 Å². The van der Waals surface area contributed by atoms with Gasteiger partial charge < -0.3 is 5.32 Å². The van der Waals surface area contributed by atoms with Crippen LogP contribution in [-0.4, -0.2) is 21.2 Å². The molecule has 0 fully saturated rings. The number of rotatable bonds is 6. The number of nitrogens with zero attached hydrogens (tertiary/aromatic N) is 2. The number of amides is 1. The van der Waals surface area contributed by atoms with Crippen LogP contribution in [0.1, 0.15) is 22.4 Å². The zero-order valence-corrected chi connectivity index (χ0v) is 18.9. The van der Waals surface area contributed by atoms with Crippen molar-refractivity contribution in [1.82, 2.24) is 9.55 Å². The van der Waals surface area contributed by atoms with E-state index in [1.807, 2.05) is 62.4 Å². The topological polar surface area (TPSA) is 64.0 Å². The highest BCUT2D eigenvalue weighted by atomic mass is 79.9. The quantitative estimate of drug-likeness (QED) is 0.425. The maximum atomic E-state index is 12.8. The van der Waals surface area contributed by atoms with Gasteiger partial charge in [0.15, 0.2) is 5.16 Å². The van der Waals surface area contributed by atoms with Gasteiger partial charge in [0.25, 0.3) is 5.56 Å². The van der Waals surface area contributed by atoms with Gasteiger partial charge in [-0.1, -0.05) is 57.5 Å². The molecule has 0 aliphatic rings. The van der Waals surface area contributed by atoms with Crippen LogP contribution in [0.15, 0.2) is 63.0 Å². The number of halogens is 1. The number of anilines is 1. The molecule has 0 saturated carbocycles. The second kappa shape index (κ2) is 9.41. The molecule has 2 aromatic carbocycles. The van der Waals surface area contributed by atoms with Crippen LogP contribution in [0.2, 0.25) is 0 Å². The molecule has 1 amide bonds. The van der Waals surface area contributed by atoms with Crippen molar-refractivity contribution in [3.63, 3.8) is 0 Å². The van der Waals surface area contributed by atoms with Gasteiger partial charge >= 0.3 is 0 Å². The van der Waals surface area contributed by atoms with E-state index < -0.39 is 0 Å². The lowest BCUT2D eigenvalue weighted by Crippen LogP contribution is -2.26. The van der Waals surface area contributed by atoms with Crippen LogP contribution in [0.4, 0.5) is 5.69 Å². The largest absolute Gasteiger partial charge is 0.325 e. The highest BCUT2D eigenvalue weighted by Gasteiger charge is 2.14. The maximum absolute atomic E-state index is 12.8. The average Bonchev–Trinajstić information content (AvgIpc) is 2.70. The summed E-state index contributed by atoms with van der Waals surface area (Å²) in [5.41, 5.74) is 4.22. The first-order valence-electron chi connectivity index (χ1n) is 9.14. The molecule has 0 radical (unpaired) electrons. The number of hydrogen-bond acceptors (Lipinski definition) is 4. The summed E-state index contributed by atoms with van der Waals surface area (Å²) in [5, 5.41) is 3.39. The third-order valence-corrected chi connectivity index (χ3v) is 6.07. The lowest BCUT2D eigenvalue weighted by atomic mass is 10.1. The molecule has 0 saturated heterocycles. The van der Waals surface area contributed by atoms with Crippen molar-refractivity contribution in [1.29, 1.82) is 0 Å². The van der Waals surface area contributed by atoms with Gasteiger partial charge in [-0.2, -0.15) is 0 Å². The summed E-state index contributed by atoms with van der Waals surface area (Å²) >= 11 is 4.68. The lowest BCUT2D eigenvalue weighted by Gasteiger charge is -2.12. The highest BCUT2D eigenvalue weighted by molar-refractivity contribution is 9.10. The Bertz CT molecular complexity index is 1080. The van der Waals surface area contributed by atoms with Crippen LogP contribution in [0.5, 0.6) is 0 Å². The SMILES string of the molecule is Cc1ccc(NC(=O)CSc2nc(C)c(Cc3ccc(Br)cc3)c(=O)n2C)cc1. The predicted octanol–water partition coefficient (Wildman–Crippen LogP) is 4.48. The van der Waals surface area contributed by atoms with Crippen molar-refractivity contribution in [2.75, 3.05) is 11.1 Å². The normalized spacial score (nSPS) is 10.8. The molecule has 5 nitrogen and oxygen atoms in total. The van der Waals surface area contributed by atoms with E-state index in [0.29, 0.717) is 22.8 Å². The summed E-state index contributed by atoms with van der Waals surface area (Å²) in [4.78, 5) is 29.7. The summed E-state index contributed by atoms with van der Waals surface area (Å²) in [5.74, 6) is 0.0457. The average molecular weight is 472 g/mol. The second-order valence-corrected chi connectivity index (χ2v) is 8.69. The molecule has 1 aromatic heterocycles. The number of aromatic nitrogens is 2. The predicted molar refractivity (Wildman–Crippen MR) is 122 cm³/mol. The Morgan fingerprint density at radius 2 is 1.76 bits per heavy atom. The van der Waals surface area contributed by atoms with E-state index >= 15 is 0 Å². The Labute approximate surface area is 182 Å². The molecule has 1 N–H and O–H groups in total. The minimum absolute atomic E-state index is 0.0816. The molecule has 0 unspecified atom stereocenters. The number of aryl methyl sites for hydroxylation is 2. The van der Waals surface area contributed by atoms with E-state index in [4.69, 9.17) is 0 Å². The van der Waals surface area contributed by atoms with Crippen LogP contribution in [0.3, 0.4) is 0 Å². The molecule has 29 heavy (non-hydrogen) atoms. The number of benzene rings is 2. The Balaban J connectivity index is 1.70. The first-order chi connectivity index (χ1) is 13.8. The van der Waals surface area contributed by atoms with Gasteiger partial charge in [0, 0.05) is 34.9 Å².